The zero-order valence-electron chi connectivity index (χ0n) is 15.5. The number of carbonyl (C=O) groups is 1. The summed E-state index contributed by atoms with van der Waals surface area (Å²) in [7, 11) is 0. The fraction of sp³-hybridized carbons (Fsp3) is 0.947. The van der Waals surface area contributed by atoms with Gasteiger partial charge in [0.2, 0.25) is 5.91 Å². The first-order valence-corrected chi connectivity index (χ1v) is 10.0. The molecule has 6 heteroatoms. The standard InChI is InChI=1S/C19H33NO5/c1-2-3-4-5-6-9-20-17(21)14-16-7-8-18(22-10-11-23-18)15-19(16)24-12-13-25-19/h16H,2-15H2,1H3,(H,20,21). The van der Waals surface area contributed by atoms with E-state index in [9.17, 15) is 4.79 Å². The molecule has 2 saturated heterocycles. The third-order valence-electron chi connectivity index (χ3n) is 5.64. The predicted octanol–water partition coefficient (Wildman–Crippen LogP) is 2.75. The van der Waals surface area contributed by atoms with E-state index in [0.717, 1.165) is 25.8 Å². The second kappa shape index (κ2) is 8.80. The van der Waals surface area contributed by atoms with Gasteiger partial charge in [-0.1, -0.05) is 32.6 Å². The molecule has 144 valence electrons. The van der Waals surface area contributed by atoms with Crippen molar-refractivity contribution in [2.24, 2.45) is 5.92 Å². The van der Waals surface area contributed by atoms with Crippen molar-refractivity contribution in [3.8, 4) is 0 Å². The average molecular weight is 355 g/mol. The smallest absolute Gasteiger partial charge is 0.220 e. The monoisotopic (exact) mass is 355 g/mol. The summed E-state index contributed by atoms with van der Waals surface area (Å²) in [6, 6.07) is 0. The molecule has 0 aromatic rings. The van der Waals surface area contributed by atoms with Gasteiger partial charge in [-0.3, -0.25) is 4.79 Å². The maximum Gasteiger partial charge on any atom is 0.220 e. The number of hydrogen-bond donors (Lipinski definition) is 1. The largest absolute Gasteiger partial charge is 0.356 e. The van der Waals surface area contributed by atoms with Crippen LogP contribution in [0.25, 0.3) is 0 Å². The topological polar surface area (TPSA) is 66.0 Å². The molecule has 2 heterocycles. The zero-order valence-corrected chi connectivity index (χ0v) is 15.5. The van der Waals surface area contributed by atoms with Gasteiger partial charge in [0.05, 0.1) is 32.8 Å². The highest BCUT2D eigenvalue weighted by molar-refractivity contribution is 5.76. The third kappa shape index (κ3) is 4.73. The quantitative estimate of drug-likeness (QED) is 0.678. The minimum atomic E-state index is -0.721. The van der Waals surface area contributed by atoms with Crippen molar-refractivity contribution in [1.82, 2.24) is 5.32 Å². The van der Waals surface area contributed by atoms with Crippen LogP contribution >= 0.6 is 0 Å². The number of amides is 1. The number of nitrogens with one attached hydrogen (secondary N) is 1. The fourth-order valence-electron chi connectivity index (χ4n) is 4.28. The van der Waals surface area contributed by atoms with Crippen LogP contribution in [0, 0.1) is 5.92 Å². The Labute approximate surface area is 150 Å². The zero-order chi connectivity index (χ0) is 17.6. The molecule has 3 aliphatic rings. The molecule has 3 rings (SSSR count). The molecule has 6 nitrogen and oxygen atoms in total. The van der Waals surface area contributed by atoms with Crippen molar-refractivity contribution in [3.63, 3.8) is 0 Å². The average Bonchev–Trinajstić information content (AvgIpc) is 3.25. The van der Waals surface area contributed by atoms with Crippen LogP contribution in [0.5, 0.6) is 0 Å². The van der Waals surface area contributed by atoms with Crippen LogP contribution in [-0.4, -0.2) is 50.5 Å². The Morgan fingerprint density at radius 1 is 1.00 bits per heavy atom. The lowest BCUT2D eigenvalue weighted by molar-refractivity contribution is -0.295. The van der Waals surface area contributed by atoms with E-state index in [1.54, 1.807) is 0 Å². The van der Waals surface area contributed by atoms with Gasteiger partial charge in [-0.2, -0.15) is 0 Å². The van der Waals surface area contributed by atoms with Gasteiger partial charge in [-0.05, 0) is 12.8 Å². The lowest BCUT2D eigenvalue weighted by atomic mass is 9.77. The van der Waals surface area contributed by atoms with Gasteiger partial charge >= 0.3 is 0 Å². The van der Waals surface area contributed by atoms with Gasteiger partial charge in [0.1, 0.15) is 0 Å². The van der Waals surface area contributed by atoms with Gasteiger partial charge < -0.3 is 24.3 Å². The number of ether oxygens (including phenoxy) is 4. The predicted molar refractivity (Wildman–Crippen MR) is 93.0 cm³/mol. The molecule has 25 heavy (non-hydrogen) atoms. The van der Waals surface area contributed by atoms with E-state index in [4.69, 9.17) is 18.9 Å². The minimum Gasteiger partial charge on any atom is -0.356 e. The minimum absolute atomic E-state index is 0.0634. The first-order chi connectivity index (χ1) is 12.2. The summed E-state index contributed by atoms with van der Waals surface area (Å²) in [6.07, 6.45) is 8.65. The molecular formula is C19H33NO5. The van der Waals surface area contributed by atoms with Crippen LogP contribution in [0.1, 0.15) is 64.7 Å². The van der Waals surface area contributed by atoms with Crippen LogP contribution in [0.2, 0.25) is 0 Å². The summed E-state index contributed by atoms with van der Waals surface area (Å²) in [5.74, 6) is -1.13. The van der Waals surface area contributed by atoms with Crippen LogP contribution in [-0.2, 0) is 23.7 Å². The SMILES string of the molecule is CCCCCCCNC(=O)CC1CCC2(CC13OCCO3)OCCO2. The highest BCUT2D eigenvalue weighted by atomic mass is 16.8. The lowest BCUT2D eigenvalue weighted by Gasteiger charge is -2.46. The number of carbonyl (C=O) groups excluding carboxylic acids is 1. The van der Waals surface area contributed by atoms with Crippen molar-refractivity contribution in [2.75, 3.05) is 33.0 Å². The summed E-state index contributed by atoms with van der Waals surface area (Å²) in [5, 5.41) is 3.06. The van der Waals surface area contributed by atoms with Gasteiger partial charge in [-0.25, -0.2) is 0 Å². The van der Waals surface area contributed by atoms with Crippen molar-refractivity contribution in [1.29, 1.82) is 0 Å². The Morgan fingerprint density at radius 2 is 1.68 bits per heavy atom. The molecule has 1 aliphatic carbocycles. The molecule has 1 unspecified atom stereocenters. The van der Waals surface area contributed by atoms with Gasteiger partial charge in [0.25, 0.3) is 0 Å². The number of hydrogen-bond acceptors (Lipinski definition) is 5. The summed E-state index contributed by atoms with van der Waals surface area (Å²) in [4.78, 5) is 12.4. The summed E-state index contributed by atoms with van der Waals surface area (Å²) in [5.41, 5.74) is 0. The first kappa shape index (κ1) is 19.1. The van der Waals surface area contributed by atoms with Crippen LogP contribution < -0.4 is 5.32 Å². The molecule has 3 fully saturated rings. The normalized spacial score (nSPS) is 27.2. The molecular weight excluding hydrogens is 322 g/mol. The van der Waals surface area contributed by atoms with Gasteiger partial charge in [0, 0.05) is 25.3 Å². The number of unbranched alkanes of at least 4 members (excludes halogenated alkanes) is 4. The van der Waals surface area contributed by atoms with Gasteiger partial charge in [0.15, 0.2) is 11.6 Å². The van der Waals surface area contributed by atoms with E-state index in [1.807, 2.05) is 0 Å². The Hall–Kier alpha value is -0.690. The highest BCUT2D eigenvalue weighted by Crippen LogP contribution is 2.49. The summed E-state index contributed by atoms with van der Waals surface area (Å²) in [6.45, 7) is 5.37. The van der Waals surface area contributed by atoms with Crippen molar-refractivity contribution in [3.05, 3.63) is 0 Å². The lowest BCUT2D eigenvalue weighted by Crippen LogP contribution is -2.53. The Bertz CT molecular complexity index is 430. The van der Waals surface area contributed by atoms with E-state index in [-0.39, 0.29) is 11.8 Å². The molecule has 0 aromatic carbocycles. The van der Waals surface area contributed by atoms with Gasteiger partial charge in [-0.15, -0.1) is 0 Å². The van der Waals surface area contributed by atoms with Crippen molar-refractivity contribution < 1.29 is 23.7 Å². The third-order valence-corrected chi connectivity index (χ3v) is 5.64. The molecule has 0 aromatic heterocycles. The van der Waals surface area contributed by atoms with Crippen LogP contribution in [0.15, 0.2) is 0 Å². The highest BCUT2D eigenvalue weighted by Gasteiger charge is 2.56. The molecule has 0 radical (unpaired) electrons. The molecule has 1 N–H and O–H groups in total. The van der Waals surface area contributed by atoms with E-state index < -0.39 is 11.6 Å². The maximum absolute atomic E-state index is 12.4. The van der Waals surface area contributed by atoms with Crippen molar-refractivity contribution in [2.45, 2.75) is 76.3 Å². The van der Waals surface area contributed by atoms with Crippen molar-refractivity contribution >= 4 is 5.91 Å². The molecule has 2 aliphatic heterocycles. The Balaban J connectivity index is 1.47. The van der Waals surface area contributed by atoms with E-state index in [0.29, 0.717) is 39.3 Å². The summed E-state index contributed by atoms with van der Waals surface area (Å²) < 4.78 is 23.7. The molecule has 1 atom stereocenters. The second-order valence-corrected chi connectivity index (χ2v) is 7.50. The summed E-state index contributed by atoms with van der Waals surface area (Å²) >= 11 is 0. The second-order valence-electron chi connectivity index (χ2n) is 7.50. The Morgan fingerprint density at radius 3 is 2.40 bits per heavy atom. The molecule has 2 spiro atoms. The van der Waals surface area contributed by atoms with Crippen LogP contribution in [0.4, 0.5) is 0 Å². The molecule has 1 saturated carbocycles. The fourth-order valence-corrected chi connectivity index (χ4v) is 4.28. The number of rotatable bonds is 8. The maximum atomic E-state index is 12.4. The Kier molecular flexibility index (Phi) is 6.72. The molecule has 0 bridgehead atoms. The molecule has 1 amide bonds. The van der Waals surface area contributed by atoms with E-state index in [1.165, 1.54) is 25.7 Å². The van der Waals surface area contributed by atoms with E-state index >= 15 is 0 Å². The van der Waals surface area contributed by atoms with E-state index in [2.05, 4.69) is 12.2 Å². The first-order valence-electron chi connectivity index (χ1n) is 10.0. The van der Waals surface area contributed by atoms with Crippen LogP contribution in [0.3, 0.4) is 0 Å².